The Morgan fingerprint density at radius 1 is 1.43 bits per heavy atom. The highest BCUT2D eigenvalue weighted by Gasteiger charge is 2.21. The molecule has 1 aliphatic carbocycles. The number of nitrogens with one attached hydrogen (secondary N) is 1. The molecule has 1 amide bonds. The Morgan fingerprint density at radius 3 is 3.04 bits per heavy atom. The normalized spacial score (nSPS) is 21.9. The second-order valence-corrected chi connectivity index (χ2v) is 7.78. The zero-order valence-corrected chi connectivity index (χ0v) is 14.9. The maximum atomic E-state index is 12.3. The van der Waals surface area contributed by atoms with Crippen LogP contribution in [0.2, 0.25) is 0 Å². The molecule has 1 N–H and O–H groups in total. The van der Waals surface area contributed by atoms with Crippen LogP contribution >= 0.6 is 11.3 Å². The second-order valence-electron chi connectivity index (χ2n) is 6.64. The van der Waals surface area contributed by atoms with Crippen molar-refractivity contribution in [2.75, 3.05) is 39.4 Å². The minimum absolute atomic E-state index is 0.111. The summed E-state index contributed by atoms with van der Waals surface area (Å²) >= 11 is 1.70. The summed E-state index contributed by atoms with van der Waals surface area (Å²) in [7, 11) is 0. The van der Waals surface area contributed by atoms with Gasteiger partial charge in [0.05, 0.1) is 18.1 Å². The lowest BCUT2D eigenvalue weighted by atomic mass is 9.87. The van der Waals surface area contributed by atoms with E-state index in [1.807, 2.05) is 0 Å². The fourth-order valence-corrected chi connectivity index (χ4v) is 4.60. The van der Waals surface area contributed by atoms with Gasteiger partial charge < -0.3 is 10.1 Å². The number of aryl methyl sites for hydroxylation is 1. The lowest BCUT2D eigenvalue weighted by Gasteiger charge is -2.26. The Bertz CT molecular complexity index is 523. The van der Waals surface area contributed by atoms with Crippen LogP contribution in [0.1, 0.15) is 46.3 Å². The second kappa shape index (κ2) is 8.27. The monoisotopic (exact) mass is 336 g/mol. The lowest BCUT2D eigenvalue weighted by molar-refractivity contribution is 0.0374. The first kappa shape index (κ1) is 16.9. The van der Waals surface area contributed by atoms with E-state index in [2.05, 4.69) is 23.2 Å². The average Bonchev–Trinajstić information content (AvgIpc) is 3.02. The summed E-state index contributed by atoms with van der Waals surface area (Å²) in [6.45, 7) is 7.79. The van der Waals surface area contributed by atoms with E-state index >= 15 is 0 Å². The number of carbonyl (C=O) groups excluding carboxylic acids is 1. The average molecular weight is 337 g/mol. The van der Waals surface area contributed by atoms with Gasteiger partial charge in [-0.2, -0.15) is 0 Å². The molecule has 1 atom stereocenters. The highest BCUT2D eigenvalue weighted by molar-refractivity contribution is 7.14. The first-order valence-corrected chi connectivity index (χ1v) is 9.77. The van der Waals surface area contributed by atoms with Gasteiger partial charge in [-0.1, -0.05) is 13.3 Å². The maximum Gasteiger partial charge on any atom is 0.261 e. The molecular weight excluding hydrogens is 308 g/mol. The summed E-state index contributed by atoms with van der Waals surface area (Å²) < 4.78 is 5.35. The van der Waals surface area contributed by atoms with Crippen molar-refractivity contribution in [3.05, 3.63) is 21.4 Å². The molecule has 4 nitrogen and oxygen atoms in total. The van der Waals surface area contributed by atoms with Gasteiger partial charge in [0, 0.05) is 24.5 Å². The third-order valence-electron chi connectivity index (χ3n) is 5.03. The van der Waals surface area contributed by atoms with Crippen LogP contribution in [0.25, 0.3) is 0 Å². The van der Waals surface area contributed by atoms with Crippen LogP contribution < -0.4 is 5.32 Å². The first-order chi connectivity index (χ1) is 11.3. The maximum absolute atomic E-state index is 12.3. The quantitative estimate of drug-likeness (QED) is 0.812. The van der Waals surface area contributed by atoms with Gasteiger partial charge in [-0.15, -0.1) is 11.3 Å². The van der Waals surface area contributed by atoms with Crippen LogP contribution in [0, 0.1) is 5.92 Å². The van der Waals surface area contributed by atoms with E-state index < -0.39 is 0 Å². The van der Waals surface area contributed by atoms with Crippen LogP contribution in [0.5, 0.6) is 0 Å². The summed E-state index contributed by atoms with van der Waals surface area (Å²) in [5.74, 6) is 0.918. The van der Waals surface area contributed by atoms with Gasteiger partial charge in [0.1, 0.15) is 0 Å². The third-order valence-corrected chi connectivity index (χ3v) is 6.26. The van der Waals surface area contributed by atoms with Crippen LogP contribution in [-0.2, 0) is 17.6 Å². The molecule has 23 heavy (non-hydrogen) atoms. The van der Waals surface area contributed by atoms with Crippen molar-refractivity contribution in [3.8, 4) is 0 Å². The summed E-state index contributed by atoms with van der Waals surface area (Å²) in [6, 6.07) is 2.14. The standard InChI is InChI=1S/C18H28N2O2S/c1-2-14-4-5-16-15(12-14)13-17(23-16)18(21)19-6-3-7-20-8-10-22-11-9-20/h13-14H,2-12H2,1H3,(H,19,21)/t14-/m1/s1. The molecule has 0 saturated carbocycles. The van der Waals surface area contributed by atoms with Gasteiger partial charge in [-0.3, -0.25) is 9.69 Å². The minimum Gasteiger partial charge on any atom is -0.379 e. The summed E-state index contributed by atoms with van der Waals surface area (Å²) in [4.78, 5) is 17.1. The Labute approximate surface area is 143 Å². The van der Waals surface area contributed by atoms with Gasteiger partial charge in [0.2, 0.25) is 0 Å². The highest BCUT2D eigenvalue weighted by Crippen LogP contribution is 2.33. The summed E-state index contributed by atoms with van der Waals surface area (Å²) in [5, 5.41) is 3.09. The fraction of sp³-hybridized carbons (Fsp3) is 0.722. The van der Waals surface area contributed by atoms with E-state index in [1.54, 1.807) is 11.3 Å². The van der Waals surface area contributed by atoms with Crippen molar-refractivity contribution in [2.45, 2.75) is 39.0 Å². The van der Waals surface area contributed by atoms with Crippen LogP contribution in [0.15, 0.2) is 6.07 Å². The van der Waals surface area contributed by atoms with E-state index in [-0.39, 0.29) is 5.91 Å². The van der Waals surface area contributed by atoms with E-state index in [4.69, 9.17) is 4.74 Å². The molecule has 0 radical (unpaired) electrons. The molecule has 3 rings (SSSR count). The number of thiophene rings is 1. The predicted molar refractivity (Wildman–Crippen MR) is 94.3 cm³/mol. The van der Waals surface area contributed by atoms with E-state index in [0.29, 0.717) is 0 Å². The summed E-state index contributed by atoms with van der Waals surface area (Å²) in [6.07, 6.45) is 5.85. The van der Waals surface area contributed by atoms with Gasteiger partial charge in [0.25, 0.3) is 5.91 Å². The molecule has 2 aliphatic rings. The van der Waals surface area contributed by atoms with E-state index in [9.17, 15) is 4.79 Å². The van der Waals surface area contributed by atoms with Crippen LogP contribution in [0.4, 0.5) is 0 Å². The number of carbonyl (C=O) groups is 1. The third kappa shape index (κ3) is 4.55. The SMILES string of the molecule is CC[C@@H]1CCc2sc(C(=O)NCCCN3CCOCC3)cc2C1. The molecule has 0 spiro atoms. The summed E-state index contributed by atoms with van der Waals surface area (Å²) in [5.41, 5.74) is 1.42. The molecule has 1 aromatic heterocycles. The molecule has 0 bridgehead atoms. The van der Waals surface area contributed by atoms with Crippen molar-refractivity contribution in [2.24, 2.45) is 5.92 Å². The zero-order valence-electron chi connectivity index (χ0n) is 14.1. The lowest BCUT2D eigenvalue weighted by Crippen LogP contribution is -2.38. The largest absolute Gasteiger partial charge is 0.379 e. The first-order valence-electron chi connectivity index (χ1n) is 8.96. The van der Waals surface area contributed by atoms with Crippen molar-refractivity contribution >= 4 is 17.2 Å². The molecule has 2 heterocycles. The molecule has 0 aromatic carbocycles. The zero-order chi connectivity index (χ0) is 16.1. The molecule has 1 fully saturated rings. The fourth-order valence-electron chi connectivity index (χ4n) is 3.48. The molecule has 5 heteroatoms. The van der Waals surface area contributed by atoms with Crippen molar-refractivity contribution < 1.29 is 9.53 Å². The molecule has 0 unspecified atom stereocenters. The number of morpholine rings is 1. The van der Waals surface area contributed by atoms with Gasteiger partial charge in [0.15, 0.2) is 0 Å². The van der Waals surface area contributed by atoms with Gasteiger partial charge in [-0.05, 0) is 49.8 Å². The number of amides is 1. The van der Waals surface area contributed by atoms with Crippen molar-refractivity contribution in [1.82, 2.24) is 10.2 Å². The van der Waals surface area contributed by atoms with E-state index in [1.165, 1.54) is 23.3 Å². The Hall–Kier alpha value is -0.910. The topological polar surface area (TPSA) is 41.6 Å². The molecule has 1 aromatic rings. The van der Waals surface area contributed by atoms with Crippen LogP contribution in [-0.4, -0.2) is 50.2 Å². The number of rotatable bonds is 6. The van der Waals surface area contributed by atoms with Crippen LogP contribution in [0.3, 0.4) is 0 Å². The van der Waals surface area contributed by atoms with Gasteiger partial charge in [-0.25, -0.2) is 0 Å². The van der Waals surface area contributed by atoms with Gasteiger partial charge >= 0.3 is 0 Å². The molecule has 128 valence electrons. The Kier molecular flexibility index (Phi) is 6.08. The Morgan fingerprint density at radius 2 is 2.26 bits per heavy atom. The number of hydrogen-bond donors (Lipinski definition) is 1. The number of ether oxygens (including phenoxy) is 1. The number of hydrogen-bond acceptors (Lipinski definition) is 4. The number of fused-ring (bicyclic) bond motifs is 1. The molecular formula is C18H28N2O2S. The van der Waals surface area contributed by atoms with Crippen molar-refractivity contribution in [3.63, 3.8) is 0 Å². The molecule has 1 saturated heterocycles. The van der Waals surface area contributed by atoms with Crippen molar-refractivity contribution in [1.29, 1.82) is 0 Å². The Balaban J connectivity index is 1.42. The number of nitrogens with zero attached hydrogens (tertiary/aromatic N) is 1. The van der Waals surface area contributed by atoms with E-state index in [0.717, 1.165) is 69.5 Å². The predicted octanol–water partition coefficient (Wildman–Crippen LogP) is 2.72. The smallest absolute Gasteiger partial charge is 0.261 e. The molecule has 1 aliphatic heterocycles. The highest BCUT2D eigenvalue weighted by atomic mass is 32.1. The minimum atomic E-state index is 0.111.